The third-order valence-electron chi connectivity index (χ3n) is 10.3. The van der Waals surface area contributed by atoms with Crippen LogP contribution in [-0.4, -0.2) is 4.57 Å². The van der Waals surface area contributed by atoms with Crippen molar-refractivity contribution in [3.05, 3.63) is 193 Å². The summed E-state index contributed by atoms with van der Waals surface area (Å²) >= 11 is 0. The topological polar surface area (TPSA) is 23.4 Å². The molecule has 1 aliphatic carbocycles. The van der Waals surface area contributed by atoms with Crippen molar-refractivity contribution in [1.29, 1.82) is 0 Å². The Hall–Kier alpha value is -6.58. The molecule has 2 heterocycles. The molecule has 2 aliphatic rings. The Morgan fingerprint density at radius 1 is 0.490 bits per heavy atom. The van der Waals surface area contributed by atoms with Gasteiger partial charge in [-0.1, -0.05) is 133 Å². The summed E-state index contributed by atoms with van der Waals surface area (Å²) < 4.78 is 16.4. The van der Waals surface area contributed by atoms with Gasteiger partial charge in [-0.3, -0.25) is 0 Å². The molecule has 1 unspecified atom stereocenters. The largest absolute Gasteiger partial charge is 0.456 e. The first kappa shape index (κ1) is 29.3. The van der Waals surface area contributed by atoms with E-state index in [-0.39, 0.29) is 5.92 Å². The van der Waals surface area contributed by atoms with Gasteiger partial charge in [-0.2, -0.15) is 0 Å². The normalized spacial score (nSPS) is 14.2. The molecule has 0 bridgehead atoms. The highest BCUT2D eigenvalue weighted by atomic mass is 16.5. The fraction of sp³-hybridized carbons (Fsp3) is 0.0417. The Kier molecular flexibility index (Phi) is 6.95. The zero-order valence-electron chi connectivity index (χ0n) is 27.9. The molecule has 0 spiro atoms. The lowest BCUT2D eigenvalue weighted by molar-refractivity contribution is 0.472. The minimum absolute atomic E-state index is 0.145. The van der Waals surface area contributed by atoms with Gasteiger partial charge in [0.05, 0.1) is 11.2 Å². The first-order valence-corrected chi connectivity index (χ1v) is 17.5. The van der Waals surface area contributed by atoms with Crippen LogP contribution in [0.3, 0.4) is 0 Å². The molecule has 0 radical (unpaired) electrons. The van der Waals surface area contributed by atoms with Crippen LogP contribution in [0, 0.1) is 0 Å². The van der Waals surface area contributed by atoms with Crippen molar-refractivity contribution in [3.8, 4) is 62.1 Å². The van der Waals surface area contributed by atoms with Crippen molar-refractivity contribution in [2.75, 3.05) is 0 Å². The van der Waals surface area contributed by atoms with Crippen LogP contribution in [0.25, 0.3) is 56.0 Å². The molecule has 10 rings (SSSR count). The number of benzene rings is 7. The molecule has 0 saturated carbocycles. The van der Waals surface area contributed by atoms with Gasteiger partial charge in [-0.05, 0) is 77.2 Å². The van der Waals surface area contributed by atoms with Crippen LogP contribution in [0.15, 0.2) is 176 Å². The fourth-order valence-electron chi connectivity index (χ4n) is 8.00. The molecule has 1 aromatic heterocycles. The highest BCUT2D eigenvalue weighted by Gasteiger charge is 2.29. The van der Waals surface area contributed by atoms with E-state index in [0.717, 1.165) is 68.5 Å². The third-order valence-corrected chi connectivity index (χ3v) is 10.3. The van der Waals surface area contributed by atoms with Crippen LogP contribution in [0.2, 0.25) is 0 Å². The molecule has 0 amide bonds. The first-order valence-electron chi connectivity index (χ1n) is 17.5. The van der Waals surface area contributed by atoms with E-state index in [9.17, 15) is 0 Å². The SMILES string of the molecule is C1=Cc2c(c3ccccc3n2-c2ccccc2)C(c2ccc3c(c2)Oc2cccc(-c4ccccc4)c2-c2ccccc2Oc2ccccc2-3)C1. The van der Waals surface area contributed by atoms with Crippen molar-refractivity contribution >= 4 is 17.0 Å². The molecule has 8 aromatic rings. The van der Waals surface area contributed by atoms with E-state index in [0.29, 0.717) is 0 Å². The fourth-order valence-corrected chi connectivity index (χ4v) is 8.00. The molecule has 0 saturated heterocycles. The van der Waals surface area contributed by atoms with E-state index in [2.05, 4.69) is 162 Å². The van der Waals surface area contributed by atoms with Gasteiger partial charge in [-0.15, -0.1) is 0 Å². The maximum Gasteiger partial charge on any atom is 0.136 e. The quantitative estimate of drug-likeness (QED) is 0.189. The summed E-state index contributed by atoms with van der Waals surface area (Å²) in [6.07, 6.45) is 5.51. The maximum absolute atomic E-state index is 7.20. The average Bonchev–Trinajstić information content (AvgIpc) is 3.54. The minimum atomic E-state index is 0.145. The summed E-state index contributed by atoms with van der Waals surface area (Å²) in [6, 6.07) is 59.6. The summed E-state index contributed by atoms with van der Waals surface area (Å²) in [7, 11) is 0. The molecular weight excluding hydrogens is 623 g/mol. The summed E-state index contributed by atoms with van der Waals surface area (Å²) in [6.45, 7) is 0. The van der Waals surface area contributed by atoms with E-state index in [1.54, 1.807) is 0 Å². The van der Waals surface area contributed by atoms with Crippen LogP contribution in [0.5, 0.6) is 23.0 Å². The van der Waals surface area contributed by atoms with Crippen LogP contribution in [-0.2, 0) is 0 Å². The van der Waals surface area contributed by atoms with Crippen molar-refractivity contribution in [2.45, 2.75) is 12.3 Å². The van der Waals surface area contributed by atoms with Crippen LogP contribution < -0.4 is 9.47 Å². The second-order valence-corrected chi connectivity index (χ2v) is 13.2. The van der Waals surface area contributed by atoms with E-state index in [1.165, 1.54) is 27.7 Å². The minimum Gasteiger partial charge on any atom is -0.456 e. The average molecular weight is 656 g/mol. The number of para-hydroxylation sites is 4. The lowest BCUT2D eigenvalue weighted by Gasteiger charge is -2.25. The van der Waals surface area contributed by atoms with Crippen molar-refractivity contribution in [3.63, 3.8) is 0 Å². The second kappa shape index (κ2) is 12.1. The highest BCUT2D eigenvalue weighted by Crippen LogP contribution is 2.51. The van der Waals surface area contributed by atoms with Gasteiger partial charge in [0.1, 0.15) is 23.0 Å². The molecule has 242 valence electrons. The maximum atomic E-state index is 7.20. The second-order valence-electron chi connectivity index (χ2n) is 13.2. The summed E-state index contributed by atoms with van der Waals surface area (Å²) in [5, 5.41) is 1.28. The van der Waals surface area contributed by atoms with E-state index >= 15 is 0 Å². The summed E-state index contributed by atoms with van der Waals surface area (Å²) in [4.78, 5) is 0. The van der Waals surface area contributed by atoms with Crippen LogP contribution in [0.1, 0.15) is 29.2 Å². The molecule has 0 N–H and O–H groups in total. The molecule has 0 fully saturated rings. The molecule has 1 aliphatic heterocycles. The van der Waals surface area contributed by atoms with Crippen LogP contribution >= 0.6 is 0 Å². The van der Waals surface area contributed by atoms with Gasteiger partial charge in [0, 0.05) is 39.2 Å². The highest BCUT2D eigenvalue weighted by molar-refractivity contribution is 5.93. The summed E-state index contributed by atoms with van der Waals surface area (Å²) in [5.41, 5.74) is 12.3. The van der Waals surface area contributed by atoms with E-state index in [1.807, 2.05) is 24.3 Å². The first-order chi connectivity index (χ1) is 25.3. The predicted octanol–water partition coefficient (Wildman–Crippen LogP) is 13.1. The van der Waals surface area contributed by atoms with Gasteiger partial charge in [0.2, 0.25) is 0 Å². The number of hydrogen-bond acceptors (Lipinski definition) is 2. The van der Waals surface area contributed by atoms with Crippen molar-refractivity contribution in [2.24, 2.45) is 0 Å². The van der Waals surface area contributed by atoms with Crippen molar-refractivity contribution in [1.82, 2.24) is 4.57 Å². The van der Waals surface area contributed by atoms with Gasteiger partial charge < -0.3 is 14.0 Å². The Morgan fingerprint density at radius 3 is 1.96 bits per heavy atom. The third kappa shape index (κ3) is 4.89. The lowest BCUT2D eigenvalue weighted by atomic mass is 9.83. The summed E-state index contributed by atoms with van der Waals surface area (Å²) in [5.74, 6) is 3.31. The molecule has 3 nitrogen and oxygen atoms in total. The van der Waals surface area contributed by atoms with E-state index < -0.39 is 0 Å². The standard InChI is InChI=1S/C48H33NO2/c1-3-15-32(16-4-1)35-23-14-28-45-48(35)40-21-9-12-27-44(40)50-43-26-11-8-19-37(43)38-30-29-33(31-46(38)51-45)36-22-13-25-42-47(36)39-20-7-10-24-41(39)49(42)34-17-5-2-6-18-34/h1-21,23-31,36H,22H2. The number of rotatable bonds is 3. The predicted molar refractivity (Wildman–Crippen MR) is 208 cm³/mol. The molecule has 3 heteroatoms. The zero-order valence-corrected chi connectivity index (χ0v) is 27.9. The Labute approximate surface area is 297 Å². The zero-order chi connectivity index (χ0) is 33.7. The smallest absolute Gasteiger partial charge is 0.136 e. The number of nitrogens with zero attached hydrogens (tertiary/aromatic N) is 1. The van der Waals surface area contributed by atoms with Gasteiger partial charge in [0.25, 0.3) is 0 Å². The number of ether oxygens (including phenoxy) is 2. The number of aromatic nitrogens is 1. The Bertz CT molecular complexity index is 2620. The Balaban J connectivity index is 1.19. The number of hydrogen-bond donors (Lipinski definition) is 0. The van der Waals surface area contributed by atoms with E-state index in [4.69, 9.17) is 9.47 Å². The molecular formula is C48H33NO2. The van der Waals surface area contributed by atoms with Gasteiger partial charge in [0.15, 0.2) is 0 Å². The van der Waals surface area contributed by atoms with Crippen LogP contribution in [0.4, 0.5) is 0 Å². The lowest BCUT2D eigenvalue weighted by Crippen LogP contribution is -2.07. The molecule has 51 heavy (non-hydrogen) atoms. The Morgan fingerprint density at radius 2 is 1.12 bits per heavy atom. The van der Waals surface area contributed by atoms with Gasteiger partial charge in [-0.25, -0.2) is 0 Å². The molecule has 7 aromatic carbocycles. The molecule has 1 atom stereocenters. The number of allylic oxidation sites excluding steroid dienone is 1. The van der Waals surface area contributed by atoms with Gasteiger partial charge >= 0.3 is 0 Å². The number of fused-ring (bicyclic) bond motifs is 9. The monoisotopic (exact) mass is 655 g/mol. The van der Waals surface area contributed by atoms with Crippen molar-refractivity contribution < 1.29 is 9.47 Å².